The van der Waals surface area contributed by atoms with Crippen molar-refractivity contribution in [3.63, 3.8) is 0 Å². The zero-order valence-corrected chi connectivity index (χ0v) is 17.4. The zero-order valence-electron chi connectivity index (χ0n) is 15.8. The number of nitrogens with one attached hydrogen (secondary N) is 1. The molecule has 1 N–H and O–H groups in total. The van der Waals surface area contributed by atoms with E-state index in [9.17, 15) is 13.2 Å². The number of ether oxygens (including phenoxy) is 1. The first kappa shape index (κ1) is 21.1. The van der Waals surface area contributed by atoms with Crippen molar-refractivity contribution in [3.8, 4) is 5.75 Å². The van der Waals surface area contributed by atoms with Crippen LogP contribution in [0.4, 0.5) is 0 Å². The lowest BCUT2D eigenvalue weighted by Gasteiger charge is -2.19. The number of methoxy groups -OCH3 is 1. The number of sulfonamides is 1. The highest BCUT2D eigenvalue weighted by Gasteiger charge is 2.24. The van der Waals surface area contributed by atoms with Crippen LogP contribution in [0.5, 0.6) is 5.75 Å². The van der Waals surface area contributed by atoms with Gasteiger partial charge in [-0.1, -0.05) is 60.3 Å². The Kier molecular flexibility index (Phi) is 7.09. The summed E-state index contributed by atoms with van der Waals surface area (Å²) in [7, 11) is -2.22. The predicted molar refractivity (Wildman–Crippen MR) is 114 cm³/mol. The normalized spacial score (nSPS) is 12.3. The maximum atomic E-state index is 12.8. The quantitative estimate of drug-likeness (QED) is 0.539. The summed E-state index contributed by atoms with van der Waals surface area (Å²) in [4.78, 5) is 13.6. The minimum Gasteiger partial charge on any atom is -0.497 e. The standard InChI is InChI=1S/C22H21NO4S2/c1-27-18-14-12-17(13-15-18)21(16-22(24)28-19-8-4-2-5-9-19)23-29(25,26)20-10-6-3-7-11-20/h2-15,21,23H,16H2,1H3. The lowest BCUT2D eigenvalue weighted by atomic mass is 10.1. The van der Waals surface area contributed by atoms with Crippen LogP contribution in [-0.4, -0.2) is 20.6 Å². The summed E-state index contributed by atoms with van der Waals surface area (Å²) in [6.07, 6.45) is 0.0119. The van der Waals surface area contributed by atoms with Gasteiger partial charge in [-0.05, 0) is 42.0 Å². The van der Waals surface area contributed by atoms with E-state index in [2.05, 4.69) is 4.72 Å². The molecule has 1 atom stereocenters. The molecule has 29 heavy (non-hydrogen) atoms. The second-order valence-electron chi connectivity index (χ2n) is 6.25. The second kappa shape index (κ2) is 9.73. The van der Waals surface area contributed by atoms with Crippen LogP contribution in [0, 0.1) is 0 Å². The van der Waals surface area contributed by atoms with E-state index < -0.39 is 16.1 Å². The van der Waals surface area contributed by atoms with Crippen molar-refractivity contribution in [2.24, 2.45) is 0 Å². The molecule has 0 aliphatic carbocycles. The van der Waals surface area contributed by atoms with Gasteiger partial charge in [-0.15, -0.1) is 0 Å². The molecular weight excluding hydrogens is 406 g/mol. The van der Waals surface area contributed by atoms with Crippen molar-refractivity contribution in [2.75, 3.05) is 7.11 Å². The Bertz CT molecular complexity index is 1040. The zero-order chi connectivity index (χ0) is 20.7. The Labute approximate surface area is 175 Å². The average Bonchev–Trinajstić information content (AvgIpc) is 2.74. The summed E-state index contributed by atoms with van der Waals surface area (Å²) in [5, 5.41) is -0.132. The molecule has 0 bridgehead atoms. The van der Waals surface area contributed by atoms with Gasteiger partial charge in [0.2, 0.25) is 10.0 Å². The van der Waals surface area contributed by atoms with Gasteiger partial charge in [0.25, 0.3) is 0 Å². The van der Waals surface area contributed by atoms with Gasteiger partial charge in [0.15, 0.2) is 5.12 Å². The molecule has 0 spiro atoms. The number of hydrogen-bond acceptors (Lipinski definition) is 5. The molecule has 0 fully saturated rings. The van der Waals surface area contributed by atoms with E-state index in [1.807, 2.05) is 30.3 Å². The van der Waals surface area contributed by atoms with Gasteiger partial charge in [0.1, 0.15) is 5.75 Å². The minimum atomic E-state index is -3.78. The summed E-state index contributed by atoms with van der Waals surface area (Å²) in [6.45, 7) is 0. The fourth-order valence-corrected chi connectivity index (χ4v) is 4.80. The molecule has 5 nitrogen and oxygen atoms in total. The SMILES string of the molecule is COc1ccc(C(CC(=O)Sc2ccccc2)NS(=O)(=O)c2ccccc2)cc1. The highest BCUT2D eigenvalue weighted by molar-refractivity contribution is 8.13. The number of thioether (sulfide) groups is 1. The van der Waals surface area contributed by atoms with Gasteiger partial charge in [0.05, 0.1) is 18.0 Å². The van der Waals surface area contributed by atoms with Crippen LogP contribution in [0.3, 0.4) is 0 Å². The third kappa shape index (κ3) is 5.93. The largest absolute Gasteiger partial charge is 0.497 e. The van der Waals surface area contributed by atoms with Crippen LogP contribution in [0.15, 0.2) is 94.7 Å². The van der Waals surface area contributed by atoms with Crippen LogP contribution in [0.25, 0.3) is 0 Å². The fraction of sp³-hybridized carbons (Fsp3) is 0.136. The van der Waals surface area contributed by atoms with Gasteiger partial charge < -0.3 is 4.74 Å². The van der Waals surface area contributed by atoms with Gasteiger partial charge in [-0.3, -0.25) is 4.79 Å². The third-order valence-electron chi connectivity index (χ3n) is 4.21. The van der Waals surface area contributed by atoms with Crippen molar-refractivity contribution >= 4 is 26.9 Å². The third-order valence-corrected chi connectivity index (χ3v) is 6.60. The molecule has 150 valence electrons. The predicted octanol–water partition coefficient (Wildman–Crippen LogP) is 4.42. The second-order valence-corrected chi connectivity index (χ2v) is 9.10. The molecule has 0 saturated heterocycles. The number of rotatable bonds is 8. The molecule has 0 aliphatic rings. The van der Waals surface area contributed by atoms with E-state index in [1.165, 1.54) is 12.1 Å². The first-order valence-corrected chi connectivity index (χ1v) is 11.2. The molecule has 0 radical (unpaired) electrons. The summed E-state index contributed by atoms with van der Waals surface area (Å²) in [6, 6.07) is 23.7. The smallest absolute Gasteiger partial charge is 0.241 e. The first-order chi connectivity index (χ1) is 14.0. The minimum absolute atomic E-state index is 0.0119. The van der Waals surface area contributed by atoms with Crippen LogP contribution >= 0.6 is 11.8 Å². The van der Waals surface area contributed by atoms with Crippen LogP contribution in [0.1, 0.15) is 18.0 Å². The first-order valence-electron chi connectivity index (χ1n) is 8.95. The molecule has 7 heteroatoms. The molecule has 0 amide bonds. The molecule has 0 heterocycles. The molecular formula is C22H21NO4S2. The maximum Gasteiger partial charge on any atom is 0.241 e. The van der Waals surface area contributed by atoms with E-state index in [1.54, 1.807) is 49.6 Å². The van der Waals surface area contributed by atoms with E-state index in [0.717, 1.165) is 16.7 Å². The monoisotopic (exact) mass is 427 g/mol. The molecule has 3 aromatic carbocycles. The van der Waals surface area contributed by atoms with E-state index >= 15 is 0 Å². The van der Waals surface area contributed by atoms with E-state index in [-0.39, 0.29) is 16.4 Å². The van der Waals surface area contributed by atoms with Crippen LogP contribution in [0.2, 0.25) is 0 Å². The lowest BCUT2D eigenvalue weighted by molar-refractivity contribution is -0.111. The number of benzene rings is 3. The topological polar surface area (TPSA) is 72.5 Å². The molecule has 0 saturated carbocycles. The molecule has 3 rings (SSSR count). The number of carbonyl (C=O) groups is 1. The molecule has 0 aromatic heterocycles. The van der Waals surface area contributed by atoms with Crippen molar-refractivity contribution in [2.45, 2.75) is 22.3 Å². The Morgan fingerprint density at radius 2 is 1.52 bits per heavy atom. The summed E-state index contributed by atoms with van der Waals surface area (Å²) >= 11 is 1.10. The van der Waals surface area contributed by atoms with Crippen LogP contribution < -0.4 is 9.46 Å². The van der Waals surface area contributed by atoms with Gasteiger partial charge in [-0.2, -0.15) is 0 Å². The molecule has 1 unspecified atom stereocenters. The van der Waals surface area contributed by atoms with E-state index in [4.69, 9.17) is 4.74 Å². The summed E-state index contributed by atoms with van der Waals surface area (Å²) in [5.41, 5.74) is 0.687. The van der Waals surface area contributed by atoms with E-state index in [0.29, 0.717) is 11.3 Å². The number of hydrogen-bond donors (Lipinski definition) is 1. The molecule has 3 aromatic rings. The van der Waals surface area contributed by atoms with Crippen molar-refractivity contribution in [3.05, 3.63) is 90.5 Å². The summed E-state index contributed by atoms with van der Waals surface area (Å²) < 4.78 is 33.5. The number of carbonyl (C=O) groups excluding carboxylic acids is 1. The van der Waals surface area contributed by atoms with Gasteiger partial charge >= 0.3 is 0 Å². The lowest BCUT2D eigenvalue weighted by Crippen LogP contribution is -2.30. The Morgan fingerprint density at radius 3 is 2.10 bits per heavy atom. The fourth-order valence-electron chi connectivity index (χ4n) is 2.75. The van der Waals surface area contributed by atoms with Crippen molar-refractivity contribution in [1.29, 1.82) is 0 Å². The molecule has 0 aliphatic heterocycles. The summed E-state index contributed by atoms with van der Waals surface area (Å²) in [5.74, 6) is 0.656. The highest BCUT2D eigenvalue weighted by Crippen LogP contribution is 2.28. The Hall–Kier alpha value is -2.61. The maximum absolute atomic E-state index is 12.8. The van der Waals surface area contributed by atoms with Gasteiger partial charge in [0, 0.05) is 11.3 Å². The van der Waals surface area contributed by atoms with Crippen molar-refractivity contribution in [1.82, 2.24) is 4.72 Å². The van der Waals surface area contributed by atoms with Crippen molar-refractivity contribution < 1.29 is 17.9 Å². The Morgan fingerprint density at radius 1 is 0.931 bits per heavy atom. The highest BCUT2D eigenvalue weighted by atomic mass is 32.2. The van der Waals surface area contributed by atoms with Gasteiger partial charge in [-0.25, -0.2) is 13.1 Å². The van der Waals surface area contributed by atoms with Crippen LogP contribution in [-0.2, 0) is 14.8 Å². The average molecular weight is 428 g/mol. The Balaban J connectivity index is 1.84.